The van der Waals surface area contributed by atoms with Gasteiger partial charge in [0.15, 0.2) is 18.1 Å². The summed E-state index contributed by atoms with van der Waals surface area (Å²) in [6.07, 6.45) is -0.893. The highest BCUT2D eigenvalue weighted by atomic mass is 35.5. The summed E-state index contributed by atoms with van der Waals surface area (Å²) in [5.74, 6) is -0.00946. The van der Waals surface area contributed by atoms with Gasteiger partial charge in [-0.15, -0.1) is 0 Å². The maximum atomic E-state index is 12.0. The van der Waals surface area contributed by atoms with Crippen LogP contribution in [0.1, 0.15) is 5.56 Å². The number of benzene rings is 2. The highest BCUT2D eigenvalue weighted by molar-refractivity contribution is 6.30. The van der Waals surface area contributed by atoms with Crippen molar-refractivity contribution in [1.82, 2.24) is 5.32 Å². The van der Waals surface area contributed by atoms with Gasteiger partial charge in [0.2, 0.25) is 6.10 Å². The van der Waals surface area contributed by atoms with Crippen molar-refractivity contribution in [3.05, 3.63) is 59.1 Å². The zero-order valence-electron chi connectivity index (χ0n) is 13.2. The summed E-state index contributed by atoms with van der Waals surface area (Å²) in [5.41, 5.74) is 0.854. The molecule has 6 nitrogen and oxygen atoms in total. The summed E-state index contributed by atoms with van der Waals surface area (Å²) in [4.78, 5) is 23.8. The fraction of sp³-hybridized carbons (Fsp3) is 0.222. The molecule has 2 aromatic carbocycles. The average Bonchev–Trinajstić information content (AvgIpc) is 2.64. The lowest BCUT2D eigenvalue weighted by Crippen LogP contribution is -2.39. The lowest BCUT2D eigenvalue weighted by Gasteiger charge is -2.24. The molecule has 1 amide bonds. The summed E-state index contributed by atoms with van der Waals surface area (Å²) in [6.45, 7) is -0.0474. The van der Waals surface area contributed by atoms with Crippen LogP contribution in [0.15, 0.2) is 48.5 Å². The molecule has 2 aromatic rings. The SMILES string of the molecule is O=C(COC(=O)[C@@H]1COc2ccccc2O1)NCc1cccc(Cl)c1. The van der Waals surface area contributed by atoms with Crippen molar-refractivity contribution in [2.75, 3.05) is 13.2 Å². The fourth-order valence-electron chi connectivity index (χ4n) is 2.26. The highest BCUT2D eigenvalue weighted by Crippen LogP contribution is 2.31. The van der Waals surface area contributed by atoms with Crippen LogP contribution in [0, 0.1) is 0 Å². The Balaban J connectivity index is 1.44. The molecular formula is C18H16ClNO5. The van der Waals surface area contributed by atoms with Gasteiger partial charge in [-0.2, -0.15) is 0 Å². The maximum Gasteiger partial charge on any atom is 0.351 e. The van der Waals surface area contributed by atoms with Gasteiger partial charge in [0.05, 0.1) is 0 Å². The minimum atomic E-state index is -0.893. The predicted molar refractivity (Wildman–Crippen MR) is 90.6 cm³/mol. The summed E-state index contributed by atoms with van der Waals surface area (Å²) < 4.78 is 16.0. The van der Waals surface area contributed by atoms with Crippen LogP contribution in [0.4, 0.5) is 0 Å². The number of amides is 1. The molecule has 0 saturated carbocycles. The Morgan fingerprint density at radius 3 is 2.76 bits per heavy atom. The predicted octanol–water partition coefficient (Wildman–Crippen LogP) is 2.34. The number of esters is 1. The van der Waals surface area contributed by atoms with Crippen molar-refractivity contribution in [2.45, 2.75) is 12.6 Å². The van der Waals surface area contributed by atoms with Crippen LogP contribution in [0.5, 0.6) is 11.5 Å². The second-order valence-electron chi connectivity index (χ2n) is 5.38. The third-order valence-electron chi connectivity index (χ3n) is 3.50. The first-order valence-corrected chi connectivity index (χ1v) is 8.06. The average molecular weight is 362 g/mol. The molecule has 0 saturated heterocycles. The number of ether oxygens (including phenoxy) is 3. The largest absolute Gasteiger partial charge is 0.485 e. The van der Waals surface area contributed by atoms with E-state index in [-0.39, 0.29) is 13.2 Å². The molecule has 7 heteroatoms. The van der Waals surface area contributed by atoms with Crippen molar-refractivity contribution >= 4 is 23.5 Å². The summed E-state index contributed by atoms with van der Waals surface area (Å²) in [7, 11) is 0. The Hall–Kier alpha value is -2.73. The molecule has 0 aromatic heterocycles. The monoisotopic (exact) mass is 361 g/mol. The van der Waals surface area contributed by atoms with Crippen LogP contribution >= 0.6 is 11.6 Å². The number of carbonyl (C=O) groups is 2. The van der Waals surface area contributed by atoms with Crippen LogP contribution in [0.25, 0.3) is 0 Å². The molecule has 1 aliphatic heterocycles. The van der Waals surface area contributed by atoms with Gasteiger partial charge in [0, 0.05) is 11.6 Å². The Kier molecular flexibility index (Phi) is 5.40. The number of hydrogen-bond donors (Lipinski definition) is 1. The minimum absolute atomic E-state index is 0.0416. The van der Waals surface area contributed by atoms with Gasteiger partial charge in [-0.25, -0.2) is 4.79 Å². The van der Waals surface area contributed by atoms with Gasteiger partial charge in [-0.3, -0.25) is 4.79 Å². The Labute approximate surface area is 149 Å². The second kappa shape index (κ2) is 7.90. The van der Waals surface area contributed by atoms with E-state index in [9.17, 15) is 9.59 Å². The standard InChI is InChI=1S/C18H16ClNO5/c19-13-5-3-4-12(8-13)9-20-17(21)11-24-18(22)16-10-23-14-6-1-2-7-15(14)25-16/h1-8,16H,9-11H2,(H,20,21)/t16-/m0/s1. The molecule has 0 fully saturated rings. The summed E-state index contributed by atoms with van der Waals surface area (Å²) in [6, 6.07) is 14.2. The van der Waals surface area contributed by atoms with Crippen molar-refractivity contribution in [3.63, 3.8) is 0 Å². The number of nitrogens with one attached hydrogen (secondary N) is 1. The van der Waals surface area contributed by atoms with Gasteiger partial charge >= 0.3 is 5.97 Å². The normalized spacial score (nSPS) is 15.3. The molecule has 1 heterocycles. The van der Waals surface area contributed by atoms with Crippen LogP contribution in [0.3, 0.4) is 0 Å². The van der Waals surface area contributed by atoms with Gasteiger partial charge in [0.1, 0.15) is 6.61 Å². The van der Waals surface area contributed by atoms with Crippen molar-refractivity contribution < 1.29 is 23.8 Å². The van der Waals surface area contributed by atoms with E-state index in [1.54, 1.807) is 36.4 Å². The van der Waals surface area contributed by atoms with Crippen molar-refractivity contribution in [1.29, 1.82) is 0 Å². The number of para-hydroxylation sites is 2. The lowest BCUT2D eigenvalue weighted by molar-refractivity contribution is -0.157. The van der Waals surface area contributed by atoms with Crippen LogP contribution in [-0.4, -0.2) is 31.2 Å². The molecule has 130 valence electrons. The van der Waals surface area contributed by atoms with E-state index < -0.39 is 18.0 Å². The van der Waals surface area contributed by atoms with Gasteiger partial charge in [0.25, 0.3) is 5.91 Å². The maximum absolute atomic E-state index is 12.0. The van der Waals surface area contributed by atoms with E-state index in [2.05, 4.69) is 5.32 Å². The van der Waals surface area contributed by atoms with E-state index in [1.807, 2.05) is 12.1 Å². The third kappa shape index (κ3) is 4.64. The zero-order valence-corrected chi connectivity index (χ0v) is 14.0. The molecule has 1 aliphatic rings. The van der Waals surface area contributed by atoms with Crippen LogP contribution in [0.2, 0.25) is 5.02 Å². The molecule has 1 atom stereocenters. The number of hydrogen-bond acceptors (Lipinski definition) is 5. The summed E-state index contributed by atoms with van der Waals surface area (Å²) >= 11 is 5.88. The Morgan fingerprint density at radius 1 is 1.16 bits per heavy atom. The number of rotatable bonds is 5. The van der Waals surface area contributed by atoms with E-state index >= 15 is 0 Å². The molecule has 0 spiro atoms. The van der Waals surface area contributed by atoms with E-state index in [0.717, 1.165) is 5.56 Å². The molecule has 0 unspecified atom stereocenters. The molecule has 0 radical (unpaired) electrons. The Morgan fingerprint density at radius 2 is 1.96 bits per heavy atom. The zero-order chi connectivity index (χ0) is 17.6. The number of carbonyl (C=O) groups excluding carboxylic acids is 2. The molecule has 3 rings (SSSR count). The molecule has 1 N–H and O–H groups in total. The second-order valence-corrected chi connectivity index (χ2v) is 5.82. The molecular weight excluding hydrogens is 346 g/mol. The van der Waals surface area contributed by atoms with E-state index in [4.69, 9.17) is 25.8 Å². The first-order chi connectivity index (χ1) is 12.1. The molecule has 0 aliphatic carbocycles. The van der Waals surface area contributed by atoms with Crippen LogP contribution in [-0.2, 0) is 20.9 Å². The smallest absolute Gasteiger partial charge is 0.351 e. The summed E-state index contributed by atoms with van der Waals surface area (Å²) in [5, 5.41) is 3.24. The van der Waals surface area contributed by atoms with E-state index in [0.29, 0.717) is 23.1 Å². The lowest BCUT2D eigenvalue weighted by atomic mass is 10.2. The fourth-order valence-corrected chi connectivity index (χ4v) is 2.48. The van der Waals surface area contributed by atoms with Gasteiger partial charge in [-0.1, -0.05) is 35.9 Å². The third-order valence-corrected chi connectivity index (χ3v) is 3.73. The van der Waals surface area contributed by atoms with Crippen molar-refractivity contribution in [2.24, 2.45) is 0 Å². The van der Waals surface area contributed by atoms with E-state index in [1.165, 1.54) is 0 Å². The molecule has 0 bridgehead atoms. The van der Waals surface area contributed by atoms with Gasteiger partial charge in [-0.05, 0) is 29.8 Å². The quantitative estimate of drug-likeness (QED) is 0.827. The highest BCUT2D eigenvalue weighted by Gasteiger charge is 2.29. The topological polar surface area (TPSA) is 73.9 Å². The first-order valence-electron chi connectivity index (χ1n) is 7.68. The number of halogens is 1. The van der Waals surface area contributed by atoms with Gasteiger partial charge < -0.3 is 19.5 Å². The first kappa shape index (κ1) is 17.1. The Bertz CT molecular complexity index is 780. The van der Waals surface area contributed by atoms with Crippen LogP contribution < -0.4 is 14.8 Å². The number of fused-ring (bicyclic) bond motifs is 1. The van der Waals surface area contributed by atoms with Crippen molar-refractivity contribution in [3.8, 4) is 11.5 Å². The minimum Gasteiger partial charge on any atom is -0.485 e. The molecule has 25 heavy (non-hydrogen) atoms.